The molecular weight excluding hydrogens is 649 g/mol. The number of aryl methyl sites for hydroxylation is 2. The van der Waals surface area contributed by atoms with Crippen molar-refractivity contribution in [3.63, 3.8) is 0 Å². The highest BCUT2D eigenvalue weighted by Gasteiger charge is 2.17. The molecule has 0 saturated heterocycles. The average Bonchev–Trinajstić information content (AvgIpc) is 3.95. The first-order valence-corrected chi connectivity index (χ1v) is 20.8. The third-order valence-electron chi connectivity index (χ3n) is 10.5. The van der Waals surface area contributed by atoms with E-state index in [-0.39, 0.29) is 0 Å². The van der Waals surface area contributed by atoms with Gasteiger partial charge in [-0.2, -0.15) is 0 Å². The first-order valence-electron chi connectivity index (χ1n) is 19.1. The predicted molar refractivity (Wildman–Crippen MR) is 219 cm³/mol. The number of fused-ring (bicyclic) bond motifs is 9. The summed E-state index contributed by atoms with van der Waals surface area (Å²) in [6.07, 6.45) is 18.4. The smallest absolute Gasteiger partial charge is 0.136 e. The van der Waals surface area contributed by atoms with Gasteiger partial charge in [-0.05, 0) is 133 Å². The lowest BCUT2D eigenvalue weighted by molar-refractivity contribution is 0.609. The minimum Gasteiger partial charge on any atom is -0.456 e. The Labute approximate surface area is 304 Å². The van der Waals surface area contributed by atoms with E-state index in [1.54, 1.807) is 0 Å². The molecule has 0 N–H and O–H groups in total. The summed E-state index contributed by atoms with van der Waals surface area (Å²) in [5, 5.41) is 7.16. The van der Waals surface area contributed by atoms with Crippen LogP contribution >= 0.6 is 22.7 Å². The van der Waals surface area contributed by atoms with Crippen LogP contribution in [0.4, 0.5) is 0 Å². The first-order chi connectivity index (χ1) is 24.7. The lowest BCUT2D eigenvalue weighted by Gasteiger charge is -2.03. The third kappa shape index (κ3) is 6.77. The Hall–Kier alpha value is -3.86. The van der Waals surface area contributed by atoms with Gasteiger partial charge >= 0.3 is 0 Å². The molecule has 4 heterocycles. The Morgan fingerprint density at radius 2 is 0.820 bits per heavy atom. The molecule has 0 aliphatic heterocycles. The van der Waals surface area contributed by atoms with Crippen molar-refractivity contribution in [2.24, 2.45) is 0 Å². The van der Waals surface area contributed by atoms with E-state index in [0.717, 1.165) is 22.3 Å². The molecule has 0 fully saturated rings. The van der Waals surface area contributed by atoms with Gasteiger partial charge in [-0.25, -0.2) is 0 Å². The van der Waals surface area contributed by atoms with Crippen LogP contribution < -0.4 is 0 Å². The molecule has 8 aromatic rings. The molecular formula is C46H48O2S2. The van der Waals surface area contributed by atoms with Gasteiger partial charge in [0, 0.05) is 41.1 Å². The van der Waals surface area contributed by atoms with Crippen LogP contribution in [0.15, 0.2) is 93.8 Å². The molecule has 0 bridgehead atoms. The summed E-state index contributed by atoms with van der Waals surface area (Å²) in [4.78, 5) is 5.65. The van der Waals surface area contributed by atoms with E-state index in [1.807, 2.05) is 22.7 Å². The lowest BCUT2D eigenvalue weighted by atomic mass is 9.98. The van der Waals surface area contributed by atoms with Gasteiger partial charge in [-0.3, -0.25) is 0 Å². The quantitative estimate of drug-likeness (QED) is 0.0940. The number of rotatable bonds is 16. The van der Waals surface area contributed by atoms with Gasteiger partial charge in [-0.15, -0.1) is 22.7 Å². The van der Waals surface area contributed by atoms with E-state index in [9.17, 15) is 0 Å². The summed E-state index contributed by atoms with van der Waals surface area (Å²) in [5.41, 5.74) is 6.28. The topological polar surface area (TPSA) is 26.3 Å². The summed E-state index contributed by atoms with van der Waals surface area (Å²) >= 11 is 3.89. The molecule has 256 valence electrons. The molecule has 0 aliphatic rings. The number of benzene rings is 4. The zero-order valence-electron chi connectivity index (χ0n) is 29.6. The molecule has 50 heavy (non-hydrogen) atoms. The van der Waals surface area contributed by atoms with Gasteiger partial charge < -0.3 is 8.83 Å². The van der Waals surface area contributed by atoms with Crippen LogP contribution in [-0.4, -0.2) is 0 Å². The van der Waals surface area contributed by atoms with Crippen LogP contribution in [-0.2, 0) is 12.8 Å². The van der Waals surface area contributed by atoms with E-state index in [2.05, 4.69) is 98.8 Å². The van der Waals surface area contributed by atoms with Crippen molar-refractivity contribution in [3.05, 3.63) is 94.7 Å². The normalized spacial score (nSPS) is 12.1. The van der Waals surface area contributed by atoms with E-state index in [0.29, 0.717) is 0 Å². The van der Waals surface area contributed by atoms with Crippen molar-refractivity contribution in [1.82, 2.24) is 0 Å². The third-order valence-corrected chi connectivity index (χ3v) is 12.9. The number of hydrogen-bond donors (Lipinski definition) is 0. The standard InChI is InChI=1S/C46H48O2S2/c1-3-5-7-9-11-13-15-33-19-27-43(49-33)31-17-23-39-37(29-31)45-35-21-26-42-46(36(35)22-25-41(45)47-39)38-30-32(18-24-40(38)48-42)44-28-20-34(50-44)16-14-12-10-8-6-4-2/h17-30H,3-16H2,1-2H3. The van der Waals surface area contributed by atoms with Gasteiger partial charge in [0.25, 0.3) is 0 Å². The summed E-state index contributed by atoms with van der Waals surface area (Å²) in [6.45, 7) is 4.57. The molecule has 4 heteroatoms. The van der Waals surface area contributed by atoms with Crippen LogP contribution in [0.2, 0.25) is 0 Å². The Morgan fingerprint density at radius 3 is 1.28 bits per heavy atom. The van der Waals surface area contributed by atoms with E-state index in [1.165, 1.54) is 153 Å². The summed E-state index contributed by atoms with van der Waals surface area (Å²) in [7, 11) is 0. The monoisotopic (exact) mass is 696 g/mol. The fraction of sp³-hybridized carbons (Fsp3) is 0.348. The predicted octanol–water partition coefficient (Wildman–Crippen LogP) is 15.9. The summed E-state index contributed by atoms with van der Waals surface area (Å²) in [5.74, 6) is 0. The number of hydrogen-bond acceptors (Lipinski definition) is 4. The van der Waals surface area contributed by atoms with E-state index in [4.69, 9.17) is 8.83 Å². The van der Waals surface area contributed by atoms with Crippen LogP contribution in [0.25, 0.3) is 75.5 Å². The Bertz CT molecular complexity index is 2210. The average molecular weight is 697 g/mol. The molecule has 0 unspecified atom stereocenters. The second kappa shape index (κ2) is 15.2. The van der Waals surface area contributed by atoms with Gasteiger partial charge in [-0.1, -0.05) is 78.1 Å². The zero-order chi connectivity index (χ0) is 33.9. The van der Waals surface area contributed by atoms with Crippen molar-refractivity contribution in [1.29, 1.82) is 0 Å². The molecule has 0 spiro atoms. The zero-order valence-corrected chi connectivity index (χ0v) is 31.2. The highest BCUT2D eigenvalue weighted by atomic mass is 32.1. The minimum absolute atomic E-state index is 0.934. The maximum absolute atomic E-state index is 6.44. The van der Waals surface area contributed by atoms with Crippen molar-refractivity contribution in [2.45, 2.75) is 104 Å². The van der Waals surface area contributed by atoms with E-state index >= 15 is 0 Å². The molecule has 0 saturated carbocycles. The van der Waals surface area contributed by atoms with Crippen molar-refractivity contribution < 1.29 is 8.83 Å². The Morgan fingerprint density at radius 1 is 0.400 bits per heavy atom. The van der Waals surface area contributed by atoms with Gasteiger partial charge in [0.15, 0.2) is 0 Å². The van der Waals surface area contributed by atoms with Gasteiger partial charge in [0.05, 0.1) is 0 Å². The Kier molecular flexibility index (Phi) is 10.1. The molecule has 0 amide bonds. The van der Waals surface area contributed by atoms with Crippen molar-refractivity contribution in [3.8, 4) is 20.9 Å². The maximum atomic E-state index is 6.44. The second-order valence-electron chi connectivity index (χ2n) is 14.2. The molecule has 2 nitrogen and oxygen atoms in total. The molecule has 0 atom stereocenters. The maximum Gasteiger partial charge on any atom is 0.136 e. The van der Waals surface area contributed by atoms with Crippen LogP contribution in [0.3, 0.4) is 0 Å². The second-order valence-corrected chi connectivity index (χ2v) is 16.5. The molecule has 0 radical (unpaired) electrons. The van der Waals surface area contributed by atoms with Gasteiger partial charge in [0.2, 0.25) is 0 Å². The highest BCUT2D eigenvalue weighted by Crippen LogP contribution is 2.43. The highest BCUT2D eigenvalue weighted by molar-refractivity contribution is 7.15. The number of furan rings is 2. The largest absolute Gasteiger partial charge is 0.456 e. The van der Waals surface area contributed by atoms with Crippen molar-refractivity contribution in [2.75, 3.05) is 0 Å². The minimum atomic E-state index is 0.934. The first kappa shape index (κ1) is 33.3. The summed E-state index contributed by atoms with van der Waals surface area (Å²) < 4.78 is 12.9. The van der Waals surface area contributed by atoms with Crippen LogP contribution in [0.5, 0.6) is 0 Å². The number of thiophene rings is 2. The van der Waals surface area contributed by atoms with E-state index < -0.39 is 0 Å². The van der Waals surface area contributed by atoms with Gasteiger partial charge in [0.1, 0.15) is 22.3 Å². The van der Waals surface area contributed by atoms with Crippen LogP contribution in [0.1, 0.15) is 101 Å². The molecule has 0 aliphatic carbocycles. The molecule has 4 aromatic carbocycles. The SMILES string of the molecule is CCCCCCCCc1ccc(-c2ccc3oc4ccc5c(ccc6oc7ccc(-c8ccc(CCCCCCCC)s8)cc7c65)c4c3c2)s1. The fourth-order valence-corrected chi connectivity index (χ4v) is 9.85. The molecule has 4 aromatic heterocycles. The number of unbranched alkanes of at least 4 members (excludes halogenated alkanes) is 10. The summed E-state index contributed by atoms with van der Waals surface area (Å²) in [6, 6.07) is 31.5. The van der Waals surface area contributed by atoms with Crippen LogP contribution in [0, 0.1) is 0 Å². The lowest BCUT2D eigenvalue weighted by Crippen LogP contribution is -1.82. The van der Waals surface area contributed by atoms with Crippen molar-refractivity contribution >= 4 is 77.3 Å². The fourth-order valence-electron chi connectivity index (χ4n) is 7.76. The molecule has 8 rings (SSSR count). The Balaban J connectivity index is 1.10.